The normalized spacial score (nSPS) is 23.6. The highest BCUT2D eigenvalue weighted by Crippen LogP contribution is 2.55. The number of rotatable bonds is 13. The predicted molar refractivity (Wildman–Crippen MR) is 126 cm³/mol. The van der Waals surface area contributed by atoms with E-state index in [4.69, 9.17) is 11.6 Å². The molecule has 0 spiro atoms. The molecule has 0 amide bonds. The van der Waals surface area contributed by atoms with Crippen LogP contribution in [0, 0.1) is 11.3 Å². The van der Waals surface area contributed by atoms with E-state index >= 15 is 0 Å². The quantitative estimate of drug-likeness (QED) is 0.228. The Balaban J connectivity index is 1.88. The van der Waals surface area contributed by atoms with Crippen LogP contribution in [0.25, 0.3) is 0 Å². The van der Waals surface area contributed by atoms with Gasteiger partial charge in [0.25, 0.3) is 0 Å². The number of alkyl halides is 1. The Morgan fingerprint density at radius 1 is 0.857 bits per heavy atom. The van der Waals surface area contributed by atoms with Crippen molar-refractivity contribution in [2.75, 3.05) is 0 Å². The molecule has 156 valence electrons. The summed E-state index contributed by atoms with van der Waals surface area (Å²) in [7, 11) is 0. The van der Waals surface area contributed by atoms with Crippen LogP contribution >= 0.6 is 11.6 Å². The van der Waals surface area contributed by atoms with Gasteiger partial charge in [0, 0.05) is 5.41 Å². The minimum absolute atomic E-state index is 0.0655. The van der Waals surface area contributed by atoms with Crippen LogP contribution in [0.1, 0.15) is 97.0 Å². The first-order valence-electron chi connectivity index (χ1n) is 11.6. The van der Waals surface area contributed by atoms with Crippen LogP contribution in [0.4, 0.5) is 0 Å². The maximum atomic E-state index is 7.51. The van der Waals surface area contributed by atoms with Gasteiger partial charge >= 0.3 is 0 Å². The fourth-order valence-corrected chi connectivity index (χ4v) is 5.11. The highest BCUT2D eigenvalue weighted by molar-refractivity contribution is 6.24. The lowest BCUT2D eigenvalue weighted by Crippen LogP contribution is -2.43. The van der Waals surface area contributed by atoms with Gasteiger partial charge in [-0.2, -0.15) is 0 Å². The first-order chi connectivity index (χ1) is 13.5. The summed E-state index contributed by atoms with van der Waals surface area (Å²) >= 11 is 7.51. The number of halogens is 1. The molecule has 0 saturated heterocycles. The SMILES string of the molecule is CCCCCCCCCCCCC(Cl)(c1ccccc1)C1(C)C=CC=CC1C. The van der Waals surface area contributed by atoms with Crippen LogP contribution in [0.3, 0.4) is 0 Å². The number of unbranched alkanes of at least 4 members (excludes halogenated alkanes) is 9. The fourth-order valence-electron chi connectivity index (χ4n) is 4.61. The average molecular weight is 401 g/mol. The van der Waals surface area contributed by atoms with Crippen LogP contribution < -0.4 is 0 Å². The highest BCUT2D eigenvalue weighted by atomic mass is 35.5. The monoisotopic (exact) mass is 400 g/mol. The third kappa shape index (κ3) is 5.99. The molecule has 0 saturated carbocycles. The van der Waals surface area contributed by atoms with E-state index in [0.29, 0.717) is 5.92 Å². The summed E-state index contributed by atoms with van der Waals surface area (Å²) in [5.41, 5.74) is 1.20. The van der Waals surface area contributed by atoms with Crippen LogP contribution in [0.5, 0.6) is 0 Å². The van der Waals surface area contributed by atoms with Gasteiger partial charge in [-0.3, -0.25) is 0 Å². The van der Waals surface area contributed by atoms with Crippen molar-refractivity contribution in [3.05, 3.63) is 60.2 Å². The summed E-state index contributed by atoms with van der Waals surface area (Å²) in [5.74, 6) is 0.429. The van der Waals surface area contributed by atoms with Crippen molar-refractivity contribution in [2.45, 2.75) is 96.3 Å². The number of benzene rings is 1. The van der Waals surface area contributed by atoms with E-state index in [9.17, 15) is 0 Å². The van der Waals surface area contributed by atoms with E-state index in [1.165, 1.54) is 69.8 Å². The standard InChI is InChI=1S/C27H41Cl/c1-4-5-6-7-8-9-10-11-12-17-23-27(28,25-20-14-13-15-21-25)26(3)22-18-16-19-24(26)2/h13-16,18-22,24H,4-12,17,23H2,1-3H3. The zero-order valence-corrected chi connectivity index (χ0v) is 19.2. The first kappa shape index (κ1) is 23.3. The molecule has 2 rings (SSSR count). The largest absolute Gasteiger partial charge is 0.113 e. The van der Waals surface area contributed by atoms with Crippen molar-refractivity contribution in [1.29, 1.82) is 0 Å². The lowest BCUT2D eigenvalue weighted by Gasteiger charge is -2.47. The second-order valence-electron chi connectivity index (χ2n) is 8.91. The van der Waals surface area contributed by atoms with Crippen molar-refractivity contribution in [2.24, 2.45) is 11.3 Å². The van der Waals surface area contributed by atoms with Crippen LogP contribution in [-0.2, 0) is 4.87 Å². The molecule has 3 unspecified atom stereocenters. The van der Waals surface area contributed by atoms with Crippen molar-refractivity contribution >= 4 is 11.6 Å². The van der Waals surface area contributed by atoms with Crippen LogP contribution in [-0.4, -0.2) is 0 Å². The Morgan fingerprint density at radius 3 is 2.00 bits per heavy atom. The molecule has 1 aromatic rings. The molecule has 1 aliphatic rings. The summed E-state index contributed by atoms with van der Waals surface area (Å²) < 4.78 is 0. The Labute approximate surface area is 179 Å². The fraction of sp³-hybridized carbons (Fsp3) is 0.630. The van der Waals surface area contributed by atoms with Gasteiger partial charge in [0.05, 0.1) is 4.87 Å². The molecule has 3 atom stereocenters. The van der Waals surface area contributed by atoms with Crippen LogP contribution in [0.15, 0.2) is 54.6 Å². The summed E-state index contributed by atoms with van der Waals surface area (Å²) in [6.07, 6.45) is 23.6. The molecule has 0 heterocycles. The number of hydrogen-bond donors (Lipinski definition) is 0. The van der Waals surface area contributed by atoms with Gasteiger partial charge in [-0.25, -0.2) is 0 Å². The van der Waals surface area contributed by atoms with Crippen molar-refractivity contribution < 1.29 is 0 Å². The lowest BCUT2D eigenvalue weighted by molar-refractivity contribution is 0.205. The zero-order chi connectivity index (χ0) is 20.3. The van der Waals surface area contributed by atoms with Crippen molar-refractivity contribution in [3.63, 3.8) is 0 Å². The average Bonchev–Trinajstić information content (AvgIpc) is 2.72. The predicted octanol–water partition coefficient (Wildman–Crippen LogP) is 9.20. The summed E-state index contributed by atoms with van der Waals surface area (Å²) in [4.78, 5) is -0.352. The van der Waals surface area contributed by atoms with E-state index in [2.05, 4.69) is 75.4 Å². The van der Waals surface area contributed by atoms with Crippen molar-refractivity contribution in [1.82, 2.24) is 0 Å². The van der Waals surface area contributed by atoms with Crippen molar-refractivity contribution in [3.8, 4) is 0 Å². The molecule has 0 fully saturated rings. The van der Waals surface area contributed by atoms with Gasteiger partial charge in [-0.15, -0.1) is 11.6 Å². The molecule has 0 aromatic heterocycles. The highest BCUT2D eigenvalue weighted by Gasteiger charge is 2.49. The third-order valence-corrected chi connectivity index (χ3v) is 7.67. The smallest absolute Gasteiger partial charge is 0.0788 e. The number of allylic oxidation sites excluding steroid dienone is 4. The van der Waals surface area contributed by atoms with E-state index in [1.54, 1.807) is 0 Å². The van der Waals surface area contributed by atoms with E-state index in [1.807, 2.05) is 0 Å². The van der Waals surface area contributed by atoms with Gasteiger partial charge in [-0.1, -0.05) is 140 Å². The molecule has 28 heavy (non-hydrogen) atoms. The maximum Gasteiger partial charge on any atom is 0.0788 e. The van der Waals surface area contributed by atoms with Gasteiger partial charge in [0.15, 0.2) is 0 Å². The van der Waals surface area contributed by atoms with E-state index in [0.717, 1.165) is 6.42 Å². The minimum Gasteiger partial charge on any atom is -0.113 e. The van der Waals surface area contributed by atoms with Gasteiger partial charge in [0.2, 0.25) is 0 Å². The van der Waals surface area contributed by atoms with Gasteiger partial charge < -0.3 is 0 Å². The Kier molecular flexibility index (Phi) is 9.86. The molecule has 1 aromatic carbocycles. The van der Waals surface area contributed by atoms with Gasteiger partial charge in [-0.05, 0) is 17.9 Å². The summed E-state index contributed by atoms with van der Waals surface area (Å²) in [5, 5.41) is 0. The molecule has 0 bridgehead atoms. The van der Waals surface area contributed by atoms with E-state index < -0.39 is 0 Å². The Hall–Kier alpha value is -1.01. The summed E-state index contributed by atoms with van der Waals surface area (Å²) in [6.45, 7) is 6.93. The second kappa shape index (κ2) is 11.9. The number of hydrogen-bond acceptors (Lipinski definition) is 0. The molecule has 0 aliphatic heterocycles. The topological polar surface area (TPSA) is 0 Å². The van der Waals surface area contributed by atoms with Crippen LogP contribution in [0.2, 0.25) is 0 Å². The summed E-state index contributed by atoms with van der Waals surface area (Å²) in [6, 6.07) is 10.8. The third-order valence-electron chi connectivity index (χ3n) is 6.86. The van der Waals surface area contributed by atoms with E-state index in [-0.39, 0.29) is 10.3 Å². The Bertz CT molecular complexity index is 602. The zero-order valence-electron chi connectivity index (χ0n) is 18.4. The minimum atomic E-state index is -0.352. The first-order valence-corrected chi connectivity index (χ1v) is 12.0. The molecule has 0 radical (unpaired) electrons. The molecule has 0 N–H and O–H groups in total. The second-order valence-corrected chi connectivity index (χ2v) is 9.56. The Morgan fingerprint density at radius 2 is 1.43 bits per heavy atom. The van der Waals surface area contributed by atoms with Gasteiger partial charge in [0.1, 0.15) is 0 Å². The lowest BCUT2D eigenvalue weighted by atomic mass is 9.62. The molecule has 1 heteroatoms. The maximum absolute atomic E-state index is 7.51. The molecular weight excluding hydrogens is 360 g/mol. The molecule has 0 nitrogen and oxygen atoms in total. The molecule has 1 aliphatic carbocycles. The molecular formula is C27H41Cl.